The fraction of sp³-hybridized carbons (Fsp3) is 0.462. The molecule has 0 aromatic heterocycles. The Kier molecular flexibility index (Phi) is 4.21. The summed E-state index contributed by atoms with van der Waals surface area (Å²) in [7, 11) is -3.51. The quantitative estimate of drug-likeness (QED) is 0.853. The Labute approximate surface area is 113 Å². The van der Waals surface area contributed by atoms with E-state index in [4.69, 9.17) is 0 Å². The van der Waals surface area contributed by atoms with Crippen molar-refractivity contribution in [2.45, 2.75) is 25.8 Å². The summed E-state index contributed by atoms with van der Waals surface area (Å²) in [6, 6.07) is 7.61. The Morgan fingerprint density at radius 2 is 2.16 bits per heavy atom. The van der Waals surface area contributed by atoms with Crippen LogP contribution in [0.1, 0.15) is 30.4 Å². The van der Waals surface area contributed by atoms with Crippen molar-refractivity contribution in [1.82, 2.24) is 10.0 Å². The molecule has 2 rings (SSSR count). The predicted octanol–water partition coefficient (Wildman–Crippen LogP) is 0.729. The zero-order valence-corrected chi connectivity index (χ0v) is 11.7. The average molecular weight is 282 g/mol. The maximum absolute atomic E-state index is 12.1. The Balaban J connectivity index is 2.18. The third kappa shape index (κ3) is 3.33. The van der Waals surface area contributed by atoms with Crippen LogP contribution in [0.5, 0.6) is 0 Å². The first-order valence-corrected chi connectivity index (χ1v) is 8.01. The zero-order valence-electron chi connectivity index (χ0n) is 10.8. The molecule has 1 aromatic rings. The third-order valence-electron chi connectivity index (χ3n) is 3.14. The summed E-state index contributed by atoms with van der Waals surface area (Å²) in [4.78, 5) is 12.1. The number of carbonyl (C=O) groups is 1. The number of rotatable bonds is 4. The third-order valence-corrected chi connectivity index (χ3v) is 4.60. The van der Waals surface area contributed by atoms with Crippen molar-refractivity contribution in [1.29, 1.82) is 0 Å². The van der Waals surface area contributed by atoms with E-state index in [1.807, 2.05) is 24.3 Å². The van der Waals surface area contributed by atoms with Crippen LogP contribution in [0.3, 0.4) is 0 Å². The molecular weight excluding hydrogens is 264 g/mol. The highest BCUT2D eigenvalue weighted by Crippen LogP contribution is 2.23. The van der Waals surface area contributed by atoms with Crippen LogP contribution in [0.25, 0.3) is 0 Å². The summed E-state index contributed by atoms with van der Waals surface area (Å²) in [5, 5.41) is 3.13. The minimum atomic E-state index is -3.51. The molecule has 0 radical (unpaired) electrons. The maximum Gasteiger partial charge on any atom is 0.242 e. The lowest BCUT2D eigenvalue weighted by atomic mass is 9.90. The van der Waals surface area contributed by atoms with Crippen LogP contribution in [0.2, 0.25) is 0 Å². The van der Waals surface area contributed by atoms with E-state index in [1.54, 1.807) is 6.92 Å². The standard InChI is InChI=1S/C13H18N2O3S/c1-2-7-19(17,18)15-13(16)12-9-14-8-10-5-3-4-6-11(10)12/h3-6,12,14H,2,7-9H2,1H3,(H,15,16). The second kappa shape index (κ2) is 5.71. The molecule has 0 saturated heterocycles. The van der Waals surface area contributed by atoms with Crippen LogP contribution in [0.15, 0.2) is 24.3 Å². The van der Waals surface area contributed by atoms with E-state index in [0.717, 1.165) is 11.1 Å². The van der Waals surface area contributed by atoms with Crippen molar-refractivity contribution in [3.05, 3.63) is 35.4 Å². The van der Waals surface area contributed by atoms with Crippen LogP contribution < -0.4 is 10.0 Å². The Morgan fingerprint density at radius 3 is 2.89 bits per heavy atom. The van der Waals surface area contributed by atoms with E-state index in [1.165, 1.54) is 0 Å². The van der Waals surface area contributed by atoms with Gasteiger partial charge in [-0.3, -0.25) is 9.52 Å². The molecule has 1 heterocycles. The minimum absolute atomic E-state index is 0.0272. The Morgan fingerprint density at radius 1 is 1.42 bits per heavy atom. The SMILES string of the molecule is CCCS(=O)(=O)NC(=O)C1CNCc2ccccc21. The van der Waals surface area contributed by atoms with Crippen molar-refractivity contribution < 1.29 is 13.2 Å². The van der Waals surface area contributed by atoms with Gasteiger partial charge in [-0.25, -0.2) is 8.42 Å². The first-order valence-electron chi connectivity index (χ1n) is 6.36. The van der Waals surface area contributed by atoms with Gasteiger partial charge in [0.25, 0.3) is 0 Å². The molecule has 1 aliphatic heterocycles. The molecule has 0 fully saturated rings. The second-order valence-electron chi connectivity index (χ2n) is 4.67. The summed E-state index contributed by atoms with van der Waals surface area (Å²) in [5.74, 6) is -0.926. The number of benzene rings is 1. The van der Waals surface area contributed by atoms with Gasteiger partial charge in [-0.05, 0) is 17.5 Å². The van der Waals surface area contributed by atoms with E-state index in [9.17, 15) is 13.2 Å². The van der Waals surface area contributed by atoms with Crippen molar-refractivity contribution in [3.63, 3.8) is 0 Å². The first-order chi connectivity index (χ1) is 9.03. The van der Waals surface area contributed by atoms with Gasteiger partial charge in [0.05, 0.1) is 11.7 Å². The largest absolute Gasteiger partial charge is 0.312 e. The van der Waals surface area contributed by atoms with E-state index < -0.39 is 21.8 Å². The summed E-state index contributed by atoms with van der Waals surface area (Å²) in [6.45, 7) is 2.94. The van der Waals surface area contributed by atoms with Crippen LogP contribution in [0.4, 0.5) is 0 Å². The summed E-state index contributed by atoms with van der Waals surface area (Å²) in [6.07, 6.45) is 0.488. The van der Waals surface area contributed by atoms with Crippen LogP contribution in [-0.4, -0.2) is 26.6 Å². The van der Waals surface area contributed by atoms with Gasteiger partial charge in [0.1, 0.15) is 0 Å². The smallest absolute Gasteiger partial charge is 0.242 e. The first kappa shape index (κ1) is 14.0. The van der Waals surface area contributed by atoms with Crippen LogP contribution in [-0.2, 0) is 21.4 Å². The molecule has 2 N–H and O–H groups in total. The fourth-order valence-electron chi connectivity index (χ4n) is 2.27. The van der Waals surface area contributed by atoms with E-state index >= 15 is 0 Å². The fourth-order valence-corrected chi connectivity index (χ4v) is 3.36. The second-order valence-corrected chi connectivity index (χ2v) is 6.51. The minimum Gasteiger partial charge on any atom is -0.312 e. The molecule has 1 aromatic carbocycles. The molecule has 1 aliphatic rings. The normalized spacial score (nSPS) is 18.7. The molecule has 6 heteroatoms. The van der Waals surface area contributed by atoms with Crippen LogP contribution in [0, 0.1) is 0 Å². The lowest BCUT2D eigenvalue weighted by Gasteiger charge is -2.25. The number of carbonyl (C=O) groups excluding carboxylic acids is 1. The highest BCUT2D eigenvalue weighted by molar-refractivity contribution is 7.90. The van der Waals surface area contributed by atoms with E-state index in [-0.39, 0.29) is 5.75 Å². The summed E-state index contributed by atoms with van der Waals surface area (Å²) < 4.78 is 25.4. The lowest BCUT2D eigenvalue weighted by molar-refractivity contribution is -0.120. The van der Waals surface area contributed by atoms with Crippen molar-refractivity contribution >= 4 is 15.9 Å². The molecule has 1 atom stereocenters. The monoisotopic (exact) mass is 282 g/mol. The van der Waals surface area contributed by atoms with Gasteiger partial charge in [-0.1, -0.05) is 31.2 Å². The van der Waals surface area contributed by atoms with Gasteiger partial charge in [-0.2, -0.15) is 0 Å². The van der Waals surface area contributed by atoms with Crippen LogP contribution >= 0.6 is 0 Å². The molecule has 1 amide bonds. The lowest BCUT2D eigenvalue weighted by Crippen LogP contribution is -2.41. The van der Waals surface area contributed by atoms with E-state index in [2.05, 4.69) is 10.0 Å². The molecule has 0 bridgehead atoms. The summed E-state index contributed by atoms with van der Waals surface area (Å²) >= 11 is 0. The van der Waals surface area contributed by atoms with Crippen molar-refractivity contribution in [2.24, 2.45) is 0 Å². The number of sulfonamides is 1. The number of hydrogen-bond donors (Lipinski definition) is 2. The Bertz CT molecular complexity index is 569. The van der Waals surface area contributed by atoms with Gasteiger partial charge in [-0.15, -0.1) is 0 Å². The molecule has 19 heavy (non-hydrogen) atoms. The van der Waals surface area contributed by atoms with Gasteiger partial charge in [0.2, 0.25) is 15.9 Å². The average Bonchev–Trinajstić information content (AvgIpc) is 2.37. The van der Waals surface area contributed by atoms with Gasteiger partial charge < -0.3 is 5.32 Å². The molecular formula is C13H18N2O3S. The van der Waals surface area contributed by atoms with Gasteiger partial charge >= 0.3 is 0 Å². The molecule has 1 unspecified atom stereocenters. The molecule has 5 nitrogen and oxygen atoms in total. The number of fused-ring (bicyclic) bond motifs is 1. The number of nitrogens with one attached hydrogen (secondary N) is 2. The zero-order chi connectivity index (χ0) is 13.9. The summed E-state index contributed by atoms with van der Waals surface area (Å²) in [5.41, 5.74) is 1.95. The van der Waals surface area contributed by atoms with Crippen molar-refractivity contribution in [2.75, 3.05) is 12.3 Å². The van der Waals surface area contributed by atoms with Gasteiger partial charge in [0.15, 0.2) is 0 Å². The highest BCUT2D eigenvalue weighted by Gasteiger charge is 2.28. The van der Waals surface area contributed by atoms with Crippen molar-refractivity contribution in [3.8, 4) is 0 Å². The number of hydrogen-bond acceptors (Lipinski definition) is 4. The van der Waals surface area contributed by atoms with E-state index in [0.29, 0.717) is 19.5 Å². The highest BCUT2D eigenvalue weighted by atomic mass is 32.2. The molecule has 104 valence electrons. The predicted molar refractivity (Wildman–Crippen MR) is 73.1 cm³/mol. The molecule has 0 saturated carbocycles. The topological polar surface area (TPSA) is 75.3 Å². The Hall–Kier alpha value is -1.40. The number of amides is 1. The molecule has 0 spiro atoms. The maximum atomic E-state index is 12.1. The molecule has 0 aliphatic carbocycles. The van der Waals surface area contributed by atoms with Gasteiger partial charge in [0, 0.05) is 13.1 Å².